The minimum Gasteiger partial charge on any atom is -0.462 e. The number of halogens is 2. The number of carbonyl (C=O) groups excluding carboxylic acids is 3. The number of hydrogen-bond acceptors (Lipinski definition) is 5. The van der Waals surface area contributed by atoms with Gasteiger partial charge in [-0.1, -0.05) is 19.9 Å². The van der Waals surface area contributed by atoms with E-state index in [0.717, 1.165) is 16.5 Å². The zero-order valence-corrected chi connectivity index (χ0v) is 22.9. The average Bonchev–Trinajstić information content (AvgIpc) is 3.28. The van der Waals surface area contributed by atoms with Crippen LogP contribution in [-0.4, -0.2) is 47.2 Å². The molecule has 0 atom stereocenters. The number of ketones is 1. The quantitative estimate of drug-likeness (QED) is 0.212. The lowest BCUT2D eigenvalue weighted by Gasteiger charge is -2.29. The fourth-order valence-electron chi connectivity index (χ4n) is 5.16. The van der Waals surface area contributed by atoms with Crippen molar-refractivity contribution >= 4 is 39.8 Å². The van der Waals surface area contributed by atoms with E-state index in [9.17, 15) is 23.2 Å². The van der Waals surface area contributed by atoms with Gasteiger partial charge in [0.25, 0.3) is 5.91 Å². The highest BCUT2D eigenvalue weighted by molar-refractivity contribution is 6.18. The van der Waals surface area contributed by atoms with Gasteiger partial charge in [0.1, 0.15) is 11.6 Å². The summed E-state index contributed by atoms with van der Waals surface area (Å²) >= 11 is 0. The van der Waals surface area contributed by atoms with Crippen molar-refractivity contribution in [2.45, 2.75) is 26.2 Å². The largest absolute Gasteiger partial charge is 0.462 e. The molecule has 0 saturated heterocycles. The van der Waals surface area contributed by atoms with Crippen LogP contribution in [0.25, 0.3) is 16.5 Å². The van der Waals surface area contributed by atoms with Gasteiger partial charge in [0, 0.05) is 45.9 Å². The van der Waals surface area contributed by atoms with Crippen molar-refractivity contribution in [2.75, 3.05) is 25.0 Å². The molecule has 2 heterocycles. The van der Waals surface area contributed by atoms with Gasteiger partial charge in [-0.2, -0.15) is 0 Å². The van der Waals surface area contributed by atoms with Gasteiger partial charge in [-0.15, -0.1) is 0 Å². The summed E-state index contributed by atoms with van der Waals surface area (Å²) in [4.78, 5) is 44.0. The molecular formula is C32H29F2N3O4. The molecular weight excluding hydrogens is 528 g/mol. The molecule has 0 spiro atoms. The third-order valence-electron chi connectivity index (χ3n) is 7.06. The van der Waals surface area contributed by atoms with Gasteiger partial charge in [-0.05, 0) is 73.2 Å². The molecule has 0 saturated carbocycles. The summed E-state index contributed by atoms with van der Waals surface area (Å²) in [7, 11) is 0. The fourth-order valence-corrected chi connectivity index (χ4v) is 5.16. The van der Waals surface area contributed by atoms with Crippen molar-refractivity contribution in [3.05, 3.63) is 107 Å². The van der Waals surface area contributed by atoms with E-state index >= 15 is 0 Å². The molecule has 5 rings (SSSR count). The number of anilines is 1. The summed E-state index contributed by atoms with van der Waals surface area (Å²) in [5.74, 6) is -2.00. The molecule has 0 radical (unpaired) electrons. The number of carbonyl (C=O) groups is 3. The third-order valence-corrected chi connectivity index (χ3v) is 7.06. The lowest BCUT2D eigenvalue weighted by Crippen LogP contribution is -2.36. The van der Waals surface area contributed by atoms with Crippen LogP contribution in [0.1, 0.15) is 52.7 Å². The summed E-state index contributed by atoms with van der Waals surface area (Å²) in [5.41, 5.74) is 3.07. The average molecular weight is 558 g/mol. The monoisotopic (exact) mass is 557 g/mol. The van der Waals surface area contributed by atoms with Gasteiger partial charge in [-0.3, -0.25) is 9.59 Å². The van der Waals surface area contributed by atoms with Gasteiger partial charge in [0.05, 0.1) is 24.4 Å². The molecule has 1 amide bonds. The third kappa shape index (κ3) is 5.61. The zero-order chi connectivity index (χ0) is 29.3. The van der Waals surface area contributed by atoms with Crippen LogP contribution >= 0.6 is 0 Å². The van der Waals surface area contributed by atoms with Crippen molar-refractivity contribution in [1.82, 2.24) is 9.88 Å². The molecule has 0 aliphatic carbocycles. The van der Waals surface area contributed by atoms with Crippen molar-refractivity contribution < 1.29 is 27.9 Å². The highest BCUT2D eigenvalue weighted by Gasteiger charge is 2.37. The Balaban J connectivity index is 1.51. The predicted octanol–water partition coefficient (Wildman–Crippen LogP) is 6.08. The van der Waals surface area contributed by atoms with E-state index in [1.807, 2.05) is 32.0 Å². The van der Waals surface area contributed by atoms with E-state index in [1.54, 1.807) is 6.92 Å². The van der Waals surface area contributed by atoms with Crippen molar-refractivity contribution in [3.63, 3.8) is 0 Å². The highest BCUT2D eigenvalue weighted by Crippen LogP contribution is 2.41. The fraction of sp³-hybridized carbons (Fsp3) is 0.219. The second kappa shape index (κ2) is 11.0. The summed E-state index contributed by atoms with van der Waals surface area (Å²) in [6, 6.07) is 16.2. The van der Waals surface area contributed by atoms with E-state index in [1.165, 1.54) is 59.6 Å². The molecule has 1 aliphatic heterocycles. The summed E-state index contributed by atoms with van der Waals surface area (Å²) in [6.07, 6.45) is 1.49. The number of nitrogens with one attached hydrogen (secondary N) is 2. The first-order valence-corrected chi connectivity index (χ1v) is 13.2. The van der Waals surface area contributed by atoms with E-state index < -0.39 is 23.0 Å². The number of H-pyrrole nitrogens is 1. The first-order chi connectivity index (χ1) is 19.6. The van der Waals surface area contributed by atoms with Gasteiger partial charge < -0.3 is 19.9 Å². The number of rotatable bonds is 7. The number of hydrogen-bond donors (Lipinski definition) is 2. The molecule has 210 valence electrons. The van der Waals surface area contributed by atoms with Crippen LogP contribution in [0.4, 0.5) is 14.5 Å². The Morgan fingerprint density at radius 2 is 1.59 bits per heavy atom. The lowest BCUT2D eigenvalue weighted by molar-refractivity contribution is -0.136. The van der Waals surface area contributed by atoms with Gasteiger partial charge >= 0.3 is 5.97 Å². The summed E-state index contributed by atoms with van der Waals surface area (Å²) in [6.45, 7) is 6.09. The Labute approximate surface area is 235 Å². The number of amides is 1. The van der Waals surface area contributed by atoms with E-state index in [-0.39, 0.29) is 37.0 Å². The van der Waals surface area contributed by atoms with Crippen LogP contribution < -0.4 is 5.32 Å². The molecule has 3 aromatic carbocycles. The maximum absolute atomic E-state index is 13.5. The molecule has 4 aromatic rings. The van der Waals surface area contributed by atoms with Crippen LogP contribution in [-0.2, 0) is 14.9 Å². The van der Waals surface area contributed by atoms with E-state index in [2.05, 4.69) is 10.3 Å². The SMILES string of the molecule is CCOC(=O)C1=CN(C(=O)c2ccc(F)cc2)CC(C)(C)c2c1[nH]c1cc(NCC(=O)c3ccc(F)cc3)ccc21. The maximum Gasteiger partial charge on any atom is 0.341 e. The number of Topliss-reactive ketones (excluding diaryl/α,β-unsaturated/α-hetero) is 1. The van der Waals surface area contributed by atoms with Crippen molar-refractivity contribution in [2.24, 2.45) is 0 Å². The highest BCUT2D eigenvalue weighted by atomic mass is 19.1. The maximum atomic E-state index is 13.5. The number of aromatic amines is 1. The minimum absolute atomic E-state index is 0.0114. The lowest BCUT2D eigenvalue weighted by atomic mass is 9.81. The first kappa shape index (κ1) is 27.8. The molecule has 2 N–H and O–H groups in total. The number of benzene rings is 3. The number of nitrogens with zero attached hydrogens (tertiary/aromatic N) is 1. The Kier molecular flexibility index (Phi) is 7.45. The Morgan fingerprint density at radius 1 is 0.951 bits per heavy atom. The van der Waals surface area contributed by atoms with Crippen LogP contribution in [0.3, 0.4) is 0 Å². The first-order valence-electron chi connectivity index (χ1n) is 13.2. The molecule has 0 bridgehead atoms. The molecule has 1 aromatic heterocycles. The van der Waals surface area contributed by atoms with Crippen molar-refractivity contribution in [3.8, 4) is 0 Å². The van der Waals surface area contributed by atoms with Gasteiger partial charge in [0.2, 0.25) is 0 Å². The number of fused-ring (bicyclic) bond motifs is 3. The van der Waals surface area contributed by atoms with E-state index in [4.69, 9.17) is 4.74 Å². The molecule has 0 unspecified atom stereocenters. The molecule has 0 fully saturated rings. The molecule has 41 heavy (non-hydrogen) atoms. The Hall–Kier alpha value is -4.79. The normalized spacial score (nSPS) is 14.2. The predicted molar refractivity (Wildman–Crippen MR) is 153 cm³/mol. The van der Waals surface area contributed by atoms with Crippen LogP contribution in [0.15, 0.2) is 72.9 Å². The van der Waals surface area contributed by atoms with Crippen LogP contribution in [0.2, 0.25) is 0 Å². The molecule has 1 aliphatic rings. The molecule has 9 heteroatoms. The van der Waals surface area contributed by atoms with Gasteiger partial charge in [-0.25, -0.2) is 13.6 Å². The number of ether oxygens (including phenoxy) is 1. The molecule has 7 nitrogen and oxygen atoms in total. The minimum atomic E-state index is -0.610. The second-order valence-electron chi connectivity index (χ2n) is 10.5. The smallest absolute Gasteiger partial charge is 0.341 e. The summed E-state index contributed by atoms with van der Waals surface area (Å²) < 4.78 is 32.1. The number of aromatic nitrogens is 1. The number of esters is 1. The zero-order valence-electron chi connectivity index (χ0n) is 22.9. The van der Waals surface area contributed by atoms with Crippen LogP contribution in [0.5, 0.6) is 0 Å². The standard InChI is InChI=1S/C32H29F2N3O4/c1-4-41-31(40)25-17-37(30(39)20-7-11-22(34)12-8-20)18-32(2,3)28-24-14-13-23(15-26(24)36-29(25)28)35-16-27(38)19-5-9-21(33)10-6-19/h5-15,17,35-36H,4,16,18H2,1-3H3. The van der Waals surface area contributed by atoms with E-state index in [0.29, 0.717) is 22.5 Å². The Bertz CT molecular complexity index is 1670. The summed E-state index contributed by atoms with van der Waals surface area (Å²) in [5, 5.41) is 3.97. The van der Waals surface area contributed by atoms with Crippen LogP contribution in [0, 0.1) is 11.6 Å². The topological polar surface area (TPSA) is 91.5 Å². The van der Waals surface area contributed by atoms with Gasteiger partial charge in [0.15, 0.2) is 5.78 Å². The van der Waals surface area contributed by atoms with Crippen molar-refractivity contribution in [1.29, 1.82) is 0 Å². The second-order valence-corrected chi connectivity index (χ2v) is 10.5. The Morgan fingerprint density at radius 3 is 2.22 bits per heavy atom.